The number of unbranched alkanes of at least 4 members (excludes halogenated alkanes) is 1. The van der Waals surface area contributed by atoms with Crippen molar-refractivity contribution >= 4 is 29.2 Å². The largest absolute Gasteiger partial charge is 0.356 e. The molecule has 28 heavy (non-hydrogen) atoms. The molecule has 2 rings (SSSR count). The van der Waals surface area contributed by atoms with Gasteiger partial charge in [-0.1, -0.05) is 36.2 Å². The first-order valence-electron chi connectivity index (χ1n) is 10.5. The lowest BCUT2D eigenvalue weighted by Crippen LogP contribution is -2.46. The van der Waals surface area contributed by atoms with Gasteiger partial charge in [-0.25, -0.2) is 0 Å². The quantitative estimate of drug-likeness (QED) is 0.340. The molecule has 1 aromatic carbocycles. The molecule has 5 nitrogen and oxygen atoms in total. The third-order valence-electron chi connectivity index (χ3n) is 5.26. The van der Waals surface area contributed by atoms with E-state index in [1.807, 2.05) is 19.2 Å². The van der Waals surface area contributed by atoms with E-state index in [1.54, 1.807) is 6.07 Å². The monoisotopic (exact) mass is 427 g/mol. The maximum absolute atomic E-state index is 6.22. The van der Waals surface area contributed by atoms with Gasteiger partial charge in [0, 0.05) is 56.4 Å². The zero-order valence-electron chi connectivity index (χ0n) is 17.3. The van der Waals surface area contributed by atoms with E-state index in [1.165, 1.54) is 45.7 Å². The van der Waals surface area contributed by atoms with Crippen LogP contribution in [-0.2, 0) is 6.42 Å². The predicted octanol–water partition coefficient (Wildman–Crippen LogP) is 3.51. The van der Waals surface area contributed by atoms with Crippen molar-refractivity contribution in [3.05, 3.63) is 33.8 Å². The highest BCUT2D eigenvalue weighted by Crippen LogP contribution is 2.21. The van der Waals surface area contributed by atoms with E-state index in [-0.39, 0.29) is 0 Å². The fourth-order valence-electron chi connectivity index (χ4n) is 3.43. The first-order valence-corrected chi connectivity index (χ1v) is 11.2. The Balaban J connectivity index is 1.52. The third-order valence-corrected chi connectivity index (χ3v) is 5.85. The molecule has 158 valence electrons. The molecule has 1 aromatic rings. The summed E-state index contributed by atoms with van der Waals surface area (Å²) in [5.74, 6) is 0.874. The molecule has 2 N–H and O–H groups in total. The molecule has 1 saturated heterocycles. The van der Waals surface area contributed by atoms with Crippen LogP contribution in [0.15, 0.2) is 23.2 Å². The maximum atomic E-state index is 6.22. The lowest BCUT2D eigenvalue weighted by molar-refractivity contribution is 0.136. The molecule has 0 aliphatic carbocycles. The SMILES string of the molecule is CCN1CCN(CCCCNC(=NC)NCCCc2ccc(Cl)cc2Cl)CC1. The highest BCUT2D eigenvalue weighted by atomic mass is 35.5. The molecule has 0 saturated carbocycles. The van der Waals surface area contributed by atoms with Gasteiger partial charge in [0.05, 0.1) is 0 Å². The highest BCUT2D eigenvalue weighted by Gasteiger charge is 2.14. The van der Waals surface area contributed by atoms with Crippen LogP contribution in [0.5, 0.6) is 0 Å². The molecule has 0 radical (unpaired) electrons. The molecule has 0 atom stereocenters. The van der Waals surface area contributed by atoms with Crippen LogP contribution in [0.4, 0.5) is 0 Å². The number of hydrogen-bond acceptors (Lipinski definition) is 3. The molecule has 0 unspecified atom stereocenters. The number of piperazine rings is 1. The Morgan fingerprint density at radius 1 is 1.00 bits per heavy atom. The van der Waals surface area contributed by atoms with Gasteiger partial charge in [0.1, 0.15) is 0 Å². The summed E-state index contributed by atoms with van der Waals surface area (Å²) >= 11 is 12.2. The summed E-state index contributed by atoms with van der Waals surface area (Å²) in [6.07, 6.45) is 4.30. The van der Waals surface area contributed by atoms with Crippen LogP contribution in [0.3, 0.4) is 0 Å². The summed E-state index contributed by atoms with van der Waals surface area (Å²) in [4.78, 5) is 9.41. The van der Waals surface area contributed by atoms with E-state index < -0.39 is 0 Å². The standard InChI is InChI=1S/C21H35Cl2N5/c1-3-27-13-15-28(16-14-27)12-5-4-10-25-21(24-2)26-11-6-7-18-8-9-19(22)17-20(18)23/h8-9,17H,3-7,10-16H2,1-2H3,(H2,24,25,26). The van der Waals surface area contributed by atoms with Crippen LogP contribution in [-0.4, -0.2) is 75.2 Å². The Morgan fingerprint density at radius 3 is 2.32 bits per heavy atom. The molecular weight excluding hydrogens is 393 g/mol. The van der Waals surface area contributed by atoms with Crippen molar-refractivity contribution in [3.63, 3.8) is 0 Å². The Kier molecular flexibility index (Phi) is 11.0. The summed E-state index contributed by atoms with van der Waals surface area (Å²) in [5, 5.41) is 8.21. The lowest BCUT2D eigenvalue weighted by Gasteiger charge is -2.34. The first-order chi connectivity index (χ1) is 13.6. The fraction of sp³-hybridized carbons (Fsp3) is 0.667. The normalized spacial score (nSPS) is 16.4. The number of nitrogens with zero attached hydrogens (tertiary/aromatic N) is 3. The second-order valence-corrected chi connectivity index (χ2v) is 8.09. The number of aryl methyl sites for hydroxylation is 1. The molecule has 1 heterocycles. The summed E-state index contributed by atoms with van der Waals surface area (Å²) in [5.41, 5.74) is 1.13. The number of likely N-dealkylation sites (N-methyl/N-ethyl adjacent to an activating group) is 1. The smallest absolute Gasteiger partial charge is 0.190 e. The highest BCUT2D eigenvalue weighted by molar-refractivity contribution is 6.35. The van der Waals surface area contributed by atoms with Crippen LogP contribution in [0.1, 0.15) is 31.7 Å². The summed E-state index contributed by atoms with van der Waals surface area (Å²) in [7, 11) is 1.82. The molecule has 1 aliphatic heterocycles. The summed E-state index contributed by atoms with van der Waals surface area (Å²) in [6, 6.07) is 5.69. The minimum atomic E-state index is 0.680. The molecule has 0 bridgehead atoms. The summed E-state index contributed by atoms with van der Waals surface area (Å²) in [6.45, 7) is 11.3. The molecule has 7 heteroatoms. The third kappa shape index (κ3) is 8.56. The van der Waals surface area contributed by atoms with Gasteiger partial charge >= 0.3 is 0 Å². The minimum absolute atomic E-state index is 0.680. The summed E-state index contributed by atoms with van der Waals surface area (Å²) < 4.78 is 0. The Morgan fingerprint density at radius 2 is 1.68 bits per heavy atom. The number of nitrogens with one attached hydrogen (secondary N) is 2. The van der Waals surface area contributed by atoms with E-state index in [0.717, 1.165) is 48.9 Å². The molecule has 0 spiro atoms. The van der Waals surface area contributed by atoms with Crippen LogP contribution in [0.25, 0.3) is 0 Å². The van der Waals surface area contributed by atoms with Crippen LogP contribution >= 0.6 is 23.2 Å². The molecule has 0 amide bonds. The van der Waals surface area contributed by atoms with Gasteiger partial charge in [-0.05, 0) is 56.5 Å². The van der Waals surface area contributed by atoms with Crippen LogP contribution in [0, 0.1) is 0 Å². The van der Waals surface area contributed by atoms with Crippen LogP contribution < -0.4 is 10.6 Å². The second-order valence-electron chi connectivity index (χ2n) is 7.25. The number of rotatable bonds is 10. The van der Waals surface area contributed by atoms with Crippen molar-refractivity contribution in [1.82, 2.24) is 20.4 Å². The average Bonchev–Trinajstić information content (AvgIpc) is 2.71. The predicted molar refractivity (Wildman–Crippen MR) is 122 cm³/mol. The van der Waals surface area contributed by atoms with Crippen molar-refractivity contribution in [1.29, 1.82) is 0 Å². The first kappa shape index (κ1) is 23.3. The van der Waals surface area contributed by atoms with E-state index in [0.29, 0.717) is 5.02 Å². The van der Waals surface area contributed by atoms with E-state index in [9.17, 15) is 0 Å². The Hall–Kier alpha value is -1.01. The fourth-order valence-corrected chi connectivity index (χ4v) is 3.93. The Labute approximate surface area is 180 Å². The lowest BCUT2D eigenvalue weighted by atomic mass is 10.1. The van der Waals surface area contributed by atoms with Gasteiger partial charge in [0.2, 0.25) is 0 Å². The van der Waals surface area contributed by atoms with Gasteiger partial charge in [-0.3, -0.25) is 4.99 Å². The van der Waals surface area contributed by atoms with Crippen molar-refractivity contribution in [3.8, 4) is 0 Å². The van der Waals surface area contributed by atoms with Gasteiger partial charge in [0.25, 0.3) is 0 Å². The topological polar surface area (TPSA) is 42.9 Å². The number of guanidine groups is 1. The zero-order valence-corrected chi connectivity index (χ0v) is 18.8. The Bertz CT molecular complexity index is 600. The minimum Gasteiger partial charge on any atom is -0.356 e. The van der Waals surface area contributed by atoms with Crippen molar-refractivity contribution < 1.29 is 0 Å². The number of benzene rings is 1. The maximum Gasteiger partial charge on any atom is 0.190 e. The molecule has 1 fully saturated rings. The van der Waals surface area contributed by atoms with Crippen molar-refractivity contribution in [2.75, 3.05) is 59.4 Å². The van der Waals surface area contributed by atoms with Gasteiger partial charge in [-0.2, -0.15) is 0 Å². The molecule has 1 aliphatic rings. The van der Waals surface area contributed by atoms with E-state index in [4.69, 9.17) is 23.2 Å². The molecular formula is C21H35Cl2N5. The zero-order chi connectivity index (χ0) is 20.2. The van der Waals surface area contributed by atoms with Gasteiger partial charge < -0.3 is 20.4 Å². The van der Waals surface area contributed by atoms with E-state index in [2.05, 4.69) is 32.3 Å². The van der Waals surface area contributed by atoms with E-state index >= 15 is 0 Å². The number of aliphatic imine (C=N–C) groups is 1. The molecule has 0 aromatic heterocycles. The van der Waals surface area contributed by atoms with Gasteiger partial charge in [0.15, 0.2) is 5.96 Å². The van der Waals surface area contributed by atoms with Crippen LogP contribution in [0.2, 0.25) is 10.0 Å². The van der Waals surface area contributed by atoms with Crippen molar-refractivity contribution in [2.24, 2.45) is 4.99 Å². The average molecular weight is 428 g/mol. The van der Waals surface area contributed by atoms with Gasteiger partial charge in [-0.15, -0.1) is 0 Å². The number of hydrogen-bond donors (Lipinski definition) is 2. The number of halogens is 2. The van der Waals surface area contributed by atoms with Crippen molar-refractivity contribution in [2.45, 2.75) is 32.6 Å². The second kappa shape index (κ2) is 13.3.